The Labute approximate surface area is 123 Å². The number of anilines is 1. The number of amides is 1. The predicted octanol–water partition coefficient (Wildman–Crippen LogP) is 1.11. The van der Waals surface area contributed by atoms with Gasteiger partial charge in [0.25, 0.3) is 5.91 Å². The zero-order chi connectivity index (χ0) is 14.7. The number of carbonyl (C=O) groups excluding carboxylic acids is 1. The van der Waals surface area contributed by atoms with E-state index >= 15 is 0 Å². The Balaban J connectivity index is 1.80. The highest BCUT2D eigenvalue weighted by Gasteiger charge is 2.22. The highest BCUT2D eigenvalue weighted by atomic mass is 16.5. The molecule has 2 aromatic rings. The smallest absolute Gasteiger partial charge is 0.254 e. The molecule has 1 aromatic carbocycles. The van der Waals surface area contributed by atoms with Gasteiger partial charge >= 0.3 is 0 Å². The van der Waals surface area contributed by atoms with Crippen LogP contribution in [0.1, 0.15) is 5.69 Å². The van der Waals surface area contributed by atoms with E-state index in [9.17, 15) is 4.79 Å². The maximum atomic E-state index is 12.3. The topological polar surface area (TPSA) is 68.2 Å². The minimum absolute atomic E-state index is 0.140. The van der Waals surface area contributed by atoms with Crippen LogP contribution in [0.15, 0.2) is 36.5 Å². The van der Waals surface area contributed by atoms with Crippen molar-refractivity contribution in [3.05, 3.63) is 42.2 Å². The average Bonchev–Trinajstić information content (AvgIpc) is 2.95. The summed E-state index contributed by atoms with van der Waals surface area (Å²) < 4.78 is 7.22. The molecule has 1 amide bonds. The molecule has 0 saturated carbocycles. The van der Waals surface area contributed by atoms with Crippen molar-refractivity contribution in [1.29, 1.82) is 0 Å². The number of para-hydroxylation sites is 2. The fraction of sp³-hybridized carbons (Fsp3) is 0.333. The molecule has 1 saturated heterocycles. The second-order valence-corrected chi connectivity index (χ2v) is 4.97. The van der Waals surface area contributed by atoms with E-state index in [1.54, 1.807) is 4.68 Å². The molecule has 1 unspecified atom stereocenters. The van der Waals surface area contributed by atoms with Crippen LogP contribution in [0.25, 0.3) is 5.69 Å². The lowest BCUT2D eigenvalue weighted by atomic mass is 10.2. The van der Waals surface area contributed by atoms with Crippen molar-refractivity contribution in [1.82, 2.24) is 15.1 Å². The Kier molecular flexibility index (Phi) is 3.98. The number of benzene rings is 1. The van der Waals surface area contributed by atoms with Crippen LogP contribution in [0.5, 0.6) is 0 Å². The molecule has 0 radical (unpaired) electrons. The van der Waals surface area contributed by atoms with E-state index in [2.05, 4.69) is 15.7 Å². The van der Waals surface area contributed by atoms with Crippen LogP contribution in [0.3, 0.4) is 0 Å². The molecule has 1 aliphatic heterocycles. The lowest BCUT2D eigenvalue weighted by Crippen LogP contribution is -2.45. The van der Waals surface area contributed by atoms with E-state index in [0.29, 0.717) is 13.2 Å². The Bertz CT molecular complexity index is 632. The molecule has 2 N–H and O–H groups in total. The van der Waals surface area contributed by atoms with Gasteiger partial charge in [0.2, 0.25) is 0 Å². The lowest BCUT2D eigenvalue weighted by molar-refractivity contribution is -0.128. The van der Waals surface area contributed by atoms with Gasteiger partial charge in [-0.25, -0.2) is 4.68 Å². The third-order valence-corrected chi connectivity index (χ3v) is 3.35. The molecule has 1 aromatic heterocycles. The van der Waals surface area contributed by atoms with Crippen molar-refractivity contribution in [3.63, 3.8) is 0 Å². The van der Waals surface area contributed by atoms with E-state index < -0.39 is 6.10 Å². The van der Waals surface area contributed by atoms with E-state index in [1.807, 2.05) is 43.5 Å². The van der Waals surface area contributed by atoms with Gasteiger partial charge in [-0.1, -0.05) is 12.1 Å². The Morgan fingerprint density at radius 2 is 2.29 bits per heavy atom. The molecule has 6 nitrogen and oxygen atoms in total. The van der Waals surface area contributed by atoms with Gasteiger partial charge in [-0.3, -0.25) is 4.79 Å². The van der Waals surface area contributed by atoms with Crippen LogP contribution >= 0.6 is 0 Å². The van der Waals surface area contributed by atoms with Crippen LogP contribution in [-0.4, -0.2) is 41.5 Å². The predicted molar refractivity (Wildman–Crippen MR) is 79.5 cm³/mol. The zero-order valence-corrected chi connectivity index (χ0v) is 11.9. The number of ether oxygens (including phenoxy) is 1. The summed E-state index contributed by atoms with van der Waals surface area (Å²) >= 11 is 0. The van der Waals surface area contributed by atoms with Crippen molar-refractivity contribution >= 4 is 11.6 Å². The van der Waals surface area contributed by atoms with Crippen molar-refractivity contribution < 1.29 is 9.53 Å². The largest absolute Gasteiger partial charge is 0.366 e. The third-order valence-electron chi connectivity index (χ3n) is 3.35. The van der Waals surface area contributed by atoms with E-state index in [4.69, 9.17) is 4.74 Å². The normalized spacial score (nSPS) is 18.4. The highest BCUT2D eigenvalue weighted by Crippen LogP contribution is 2.20. The lowest BCUT2D eigenvalue weighted by Gasteiger charge is -2.23. The van der Waals surface area contributed by atoms with Crippen LogP contribution < -0.4 is 10.6 Å². The number of hydrogen-bond acceptors (Lipinski definition) is 4. The Morgan fingerprint density at radius 1 is 1.43 bits per heavy atom. The van der Waals surface area contributed by atoms with Crippen molar-refractivity contribution in [2.24, 2.45) is 0 Å². The first-order valence-electron chi connectivity index (χ1n) is 6.99. The minimum Gasteiger partial charge on any atom is -0.366 e. The van der Waals surface area contributed by atoms with Crippen LogP contribution in [0, 0.1) is 6.92 Å². The maximum Gasteiger partial charge on any atom is 0.254 e. The second-order valence-electron chi connectivity index (χ2n) is 4.97. The van der Waals surface area contributed by atoms with Gasteiger partial charge in [-0.15, -0.1) is 0 Å². The minimum atomic E-state index is -0.453. The summed E-state index contributed by atoms with van der Waals surface area (Å²) in [6.45, 7) is 3.80. The summed E-state index contributed by atoms with van der Waals surface area (Å²) in [4.78, 5) is 12.3. The first-order valence-corrected chi connectivity index (χ1v) is 6.99. The molecule has 0 bridgehead atoms. The molecule has 6 heteroatoms. The summed E-state index contributed by atoms with van der Waals surface area (Å²) in [5.74, 6) is -0.140. The molecular formula is C15H18N4O2. The first-order chi connectivity index (χ1) is 10.2. The van der Waals surface area contributed by atoms with Gasteiger partial charge in [0.1, 0.15) is 6.10 Å². The summed E-state index contributed by atoms with van der Waals surface area (Å²) in [7, 11) is 0. The van der Waals surface area contributed by atoms with Crippen molar-refractivity contribution in [2.75, 3.05) is 25.0 Å². The average molecular weight is 286 g/mol. The molecule has 0 spiro atoms. The van der Waals surface area contributed by atoms with Crippen LogP contribution in [0.4, 0.5) is 5.69 Å². The summed E-state index contributed by atoms with van der Waals surface area (Å²) in [6, 6.07) is 9.51. The first kappa shape index (κ1) is 13.8. The van der Waals surface area contributed by atoms with Crippen LogP contribution in [-0.2, 0) is 9.53 Å². The molecule has 0 aliphatic carbocycles. The molecule has 1 aliphatic rings. The second kappa shape index (κ2) is 6.07. The van der Waals surface area contributed by atoms with Crippen molar-refractivity contribution in [2.45, 2.75) is 13.0 Å². The number of morpholine rings is 1. The van der Waals surface area contributed by atoms with E-state index in [-0.39, 0.29) is 5.91 Å². The number of hydrogen-bond donors (Lipinski definition) is 2. The maximum absolute atomic E-state index is 12.3. The fourth-order valence-corrected chi connectivity index (χ4v) is 2.28. The van der Waals surface area contributed by atoms with Gasteiger partial charge in [-0.05, 0) is 25.1 Å². The number of nitrogens with one attached hydrogen (secondary N) is 2. The summed E-state index contributed by atoms with van der Waals surface area (Å²) in [5.41, 5.74) is 2.48. The monoisotopic (exact) mass is 286 g/mol. The highest BCUT2D eigenvalue weighted by molar-refractivity contribution is 5.96. The standard InChI is InChI=1S/C15H18N4O2/c1-11-6-8-19(18-11)13-5-3-2-4-12(13)17-15(20)14-10-16-7-9-21-14/h2-6,8,14,16H,7,9-10H2,1H3,(H,17,20). The van der Waals surface area contributed by atoms with Crippen molar-refractivity contribution in [3.8, 4) is 5.69 Å². The molecule has 110 valence electrons. The number of aryl methyl sites for hydroxylation is 1. The quantitative estimate of drug-likeness (QED) is 0.887. The number of carbonyl (C=O) groups is 1. The van der Waals surface area contributed by atoms with Gasteiger partial charge in [0.05, 0.1) is 23.7 Å². The number of rotatable bonds is 3. The van der Waals surface area contributed by atoms with E-state index in [0.717, 1.165) is 23.6 Å². The molecule has 1 atom stereocenters. The third kappa shape index (κ3) is 3.12. The van der Waals surface area contributed by atoms with Gasteiger partial charge in [0.15, 0.2) is 0 Å². The Hall–Kier alpha value is -2.18. The number of aromatic nitrogens is 2. The zero-order valence-electron chi connectivity index (χ0n) is 11.9. The van der Waals surface area contributed by atoms with Crippen LogP contribution in [0.2, 0.25) is 0 Å². The van der Waals surface area contributed by atoms with E-state index in [1.165, 1.54) is 0 Å². The Morgan fingerprint density at radius 3 is 3.00 bits per heavy atom. The van der Waals surface area contributed by atoms with Gasteiger partial charge < -0.3 is 15.4 Å². The molecule has 2 heterocycles. The van der Waals surface area contributed by atoms with Gasteiger partial charge in [-0.2, -0.15) is 5.10 Å². The summed E-state index contributed by atoms with van der Waals surface area (Å²) in [6.07, 6.45) is 1.42. The fourth-order valence-electron chi connectivity index (χ4n) is 2.28. The number of nitrogens with zero attached hydrogens (tertiary/aromatic N) is 2. The molecule has 1 fully saturated rings. The summed E-state index contributed by atoms with van der Waals surface area (Å²) in [5, 5.41) is 10.5. The van der Waals surface area contributed by atoms with Gasteiger partial charge in [0, 0.05) is 19.3 Å². The SMILES string of the molecule is Cc1ccn(-c2ccccc2NC(=O)C2CNCCO2)n1. The molecule has 21 heavy (non-hydrogen) atoms. The molecular weight excluding hydrogens is 268 g/mol. The molecule has 3 rings (SSSR count).